The van der Waals surface area contributed by atoms with Crippen molar-refractivity contribution in [1.82, 2.24) is 0 Å². The van der Waals surface area contributed by atoms with Crippen LogP contribution >= 0.6 is 0 Å². The number of para-hydroxylation sites is 1. The lowest BCUT2D eigenvalue weighted by atomic mass is 10.1. The van der Waals surface area contributed by atoms with Crippen LogP contribution in [0.4, 0.5) is 0 Å². The van der Waals surface area contributed by atoms with Gasteiger partial charge in [0.2, 0.25) is 0 Å². The van der Waals surface area contributed by atoms with Gasteiger partial charge in [0.25, 0.3) is 0 Å². The summed E-state index contributed by atoms with van der Waals surface area (Å²) in [6.07, 6.45) is 12.5. The van der Waals surface area contributed by atoms with E-state index in [4.69, 9.17) is 4.42 Å². The van der Waals surface area contributed by atoms with Gasteiger partial charge in [-0.2, -0.15) is 0 Å². The fourth-order valence-electron chi connectivity index (χ4n) is 2.08. The summed E-state index contributed by atoms with van der Waals surface area (Å²) in [6, 6.07) is 7.86. The molecule has 0 N–H and O–H groups in total. The van der Waals surface area contributed by atoms with Crippen molar-refractivity contribution in [2.24, 2.45) is 0 Å². The SMILES string of the molecule is C=C.C=C/C=c1/oc2ccccc2c1=C.CC1=CC=CCC1. The summed E-state index contributed by atoms with van der Waals surface area (Å²) in [5.41, 5.74) is 3.17. The molecule has 0 bridgehead atoms. The minimum Gasteiger partial charge on any atom is -0.456 e. The van der Waals surface area contributed by atoms with Crippen molar-refractivity contribution in [3.05, 3.63) is 84.5 Å². The molecular weight excluding hydrogens is 268 g/mol. The van der Waals surface area contributed by atoms with E-state index in [1.165, 1.54) is 18.4 Å². The highest BCUT2D eigenvalue weighted by Gasteiger charge is 1.97. The maximum Gasteiger partial charge on any atom is 0.135 e. The Hall–Kier alpha value is -2.54. The Morgan fingerprint density at radius 3 is 2.41 bits per heavy atom. The van der Waals surface area contributed by atoms with Crippen LogP contribution in [-0.2, 0) is 0 Å². The molecule has 0 saturated heterocycles. The standard InChI is InChI=1S/C12H10O.C7H10.C2H4/c1-3-6-11-9(2)10-7-4-5-8-12(10)13-11;1-7-5-3-2-4-6-7;1-2/h3-8H,1-2H2;2-3,5H,4,6H2,1H3;1-2H2/b11-6+;;. The molecule has 1 heteroatoms. The van der Waals surface area contributed by atoms with Crippen molar-refractivity contribution in [3.63, 3.8) is 0 Å². The highest BCUT2D eigenvalue weighted by atomic mass is 16.3. The second-order valence-corrected chi connectivity index (χ2v) is 4.82. The summed E-state index contributed by atoms with van der Waals surface area (Å²) in [6.45, 7) is 15.7. The van der Waals surface area contributed by atoms with Crippen molar-refractivity contribution >= 4 is 23.6 Å². The molecule has 1 aromatic heterocycles. The van der Waals surface area contributed by atoms with Gasteiger partial charge >= 0.3 is 0 Å². The zero-order chi connectivity index (χ0) is 16.4. The Morgan fingerprint density at radius 1 is 1.18 bits per heavy atom. The van der Waals surface area contributed by atoms with Crippen molar-refractivity contribution in [1.29, 1.82) is 0 Å². The maximum absolute atomic E-state index is 5.55. The predicted molar refractivity (Wildman–Crippen MR) is 99.0 cm³/mol. The lowest BCUT2D eigenvalue weighted by molar-refractivity contribution is 0.576. The molecule has 1 heterocycles. The van der Waals surface area contributed by atoms with Crippen LogP contribution in [0.3, 0.4) is 0 Å². The number of benzene rings is 1. The molecule has 0 spiro atoms. The van der Waals surface area contributed by atoms with Crippen molar-refractivity contribution in [2.75, 3.05) is 0 Å². The zero-order valence-corrected chi connectivity index (χ0v) is 13.3. The van der Waals surface area contributed by atoms with E-state index in [-0.39, 0.29) is 0 Å². The molecule has 0 atom stereocenters. The van der Waals surface area contributed by atoms with Gasteiger partial charge in [-0.25, -0.2) is 0 Å². The number of fused-ring (bicyclic) bond motifs is 1. The number of allylic oxidation sites excluding steroid dienone is 5. The maximum atomic E-state index is 5.55. The van der Waals surface area contributed by atoms with Crippen LogP contribution in [0.1, 0.15) is 19.8 Å². The molecule has 0 aliphatic heterocycles. The molecule has 22 heavy (non-hydrogen) atoms. The summed E-state index contributed by atoms with van der Waals surface area (Å²) in [5, 5.41) is 1.99. The minimum atomic E-state index is 0.788. The normalized spacial score (nSPS) is 13.5. The first-order chi connectivity index (χ1) is 10.7. The Kier molecular flexibility index (Phi) is 7.49. The third-order valence-corrected chi connectivity index (χ3v) is 3.22. The van der Waals surface area contributed by atoms with Gasteiger partial charge in [-0.3, -0.25) is 0 Å². The van der Waals surface area contributed by atoms with Crippen LogP contribution in [0.25, 0.3) is 23.6 Å². The highest BCUT2D eigenvalue weighted by Crippen LogP contribution is 2.09. The molecule has 0 saturated carbocycles. The summed E-state index contributed by atoms with van der Waals surface area (Å²) in [4.78, 5) is 0. The van der Waals surface area contributed by atoms with Gasteiger partial charge in [-0.05, 0) is 31.9 Å². The van der Waals surface area contributed by atoms with E-state index in [2.05, 4.69) is 51.5 Å². The molecule has 1 aromatic carbocycles. The largest absolute Gasteiger partial charge is 0.456 e. The Bertz CT molecular complexity index is 772. The van der Waals surface area contributed by atoms with E-state index >= 15 is 0 Å². The summed E-state index contributed by atoms with van der Waals surface area (Å²) in [7, 11) is 0. The molecule has 1 nitrogen and oxygen atoms in total. The van der Waals surface area contributed by atoms with E-state index in [1.54, 1.807) is 6.08 Å². The van der Waals surface area contributed by atoms with E-state index < -0.39 is 0 Å². The molecule has 114 valence electrons. The second-order valence-electron chi connectivity index (χ2n) is 4.82. The Balaban J connectivity index is 0.000000228. The monoisotopic (exact) mass is 292 g/mol. The molecule has 1 aliphatic rings. The molecule has 0 fully saturated rings. The third kappa shape index (κ3) is 4.78. The molecular formula is C21H24O. The molecule has 3 rings (SSSR count). The summed E-state index contributed by atoms with van der Waals surface area (Å²) < 4.78 is 5.55. The van der Waals surface area contributed by atoms with Crippen LogP contribution in [0, 0.1) is 0 Å². The van der Waals surface area contributed by atoms with Crippen molar-refractivity contribution in [3.8, 4) is 0 Å². The fraction of sp³-hybridized carbons (Fsp3) is 0.143. The van der Waals surface area contributed by atoms with Gasteiger partial charge in [0.1, 0.15) is 11.0 Å². The van der Waals surface area contributed by atoms with Crippen LogP contribution in [0.2, 0.25) is 0 Å². The first-order valence-electron chi connectivity index (χ1n) is 7.34. The molecule has 1 aliphatic carbocycles. The lowest BCUT2D eigenvalue weighted by Crippen LogP contribution is -2.17. The first kappa shape index (κ1) is 17.5. The zero-order valence-electron chi connectivity index (χ0n) is 13.3. The average Bonchev–Trinajstić information content (AvgIpc) is 2.88. The van der Waals surface area contributed by atoms with Crippen LogP contribution < -0.4 is 10.6 Å². The first-order valence-corrected chi connectivity index (χ1v) is 7.34. The van der Waals surface area contributed by atoms with E-state index in [0.29, 0.717) is 0 Å². The van der Waals surface area contributed by atoms with E-state index in [9.17, 15) is 0 Å². The number of hydrogen-bond donors (Lipinski definition) is 0. The minimum absolute atomic E-state index is 0.788. The van der Waals surface area contributed by atoms with Crippen molar-refractivity contribution in [2.45, 2.75) is 19.8 Å². The fourth-order valence-corrected chi connectivity index (χ4v) is 2.08. The van der Waals surface area contributed by atoms with Crippen molar-refractivity contribution < 1.29 is 4.42 Å². The van der Waals surface area contributed by atoms with Gasteiger partial charge in [0.05, 0.1) is 0 Å². The topological polar surface area (TPSA) is 13.1 Å². The van der Waals surface area contributed by atoms with Gasteiger partial charge in [0.15, 0.2) is 0 Å². The Labute approximate surface area is 133 Å². The molecule has 0 amide bonds. The van der Waals surface area contributed by atoms with E-state index in [1.807, 2.05) is 30.3 Å². The Morgan fingerprint density at radius 2 is 1.91 bits per heavy atom. The quantitative estimate of drug-likeness (QED) is 0.682. The average molecular weight is 292 g/mol. The highest BCUT2D eigenvalue weighted by molar-refractivity contribution is 5.78. The molecule has 2 aromatic rings. The van der Waals surface area contributed by atoms with E-state index in [0.717, 1.165) is 21.6 Å². The van der Waals surface area contributed by atoms with Crippen LogP contribution in [-0.4, -0.2) is 0 Å². The van der Waals surface area contributed by atoms with Gasteiger partial charge in [-0.1, -0.05) is 61.2 Å². The number of furan rings is 1. The van der Waals surface area contributed by atoms with Crippen LogP contribution in [0.5, 0.6) is 0 Å². The summed E-state index contributed by atoms with van der Waals surface area (Å²) >= 11 is 0. The number of rotatable bonds is 1. The van der Waals surface area contributed by atoms with Gasteiger partial charge in [0, 0.05) is 10.6 Å². The summed E-state index contributed by atoms with van der Waals surface area (Å²) in [5.74, 6) is 0. The third-order valence-electron chi connectivity index (χ3n) is 3.22. The number of hydrogen-bond acceptors (Lipinski definition) is 1. The van der Waals surface area contributed by atoms with Gasteiger partial charge in [-0.15, -0.1) is 13.2 Å². The van der Waals surface area contributed by atoms with Gasteiger partial charge < -0.3 is 4.42 Å². The smallest absolute Gasteiger partial charge is 0.135 e. The predicted octanol–water partition coefficient (Wildman–Crippen LogP) is 4.89. The molecule has 0 radical (unpaired) electrons. The molecule has 0 unspecified atom stereocenters. The lowest BCUT2D eigenvalue weighted by Gasteiger charge is -1.98. The van der Waals surface area contributed by atoms with Crippen LogP contribution in [0.15, 0.2) is 78.3 Å². The second kappa shape index (κ2) is 9.41.